The molecule has 0 aliphatic heterocycles. The SMILES string of the molecule is [C-]1=CC=CC=CC=C1.[C-]1=CC=CC=CC=C1.[Mo+2]. The molecule has 0 nitrogen and oxygen atoms in total. The van der Waals surface area contributed by atoms with Crippen LogP contribution in [0.5, 0.6) is 0 Å². The van der Waals surface area contributed by atoms with Crippen LogP contribution < -0.4 is 0 Å². The zero-order chi connectivity index (χ0) is 11.3. The van der Waals surface area contributed by atoms with Gasteiger partial charge >= 0.3 is 21.1 Å². The van der Waals surface area contributed by atoms with Crippen LogP contribution in [0, 0.1) is 12.2 Å². The molecule has 0 aromatic carbocycles. The van der Waals surface area contributed by atoms with Crippen LogP contribution in [0.1, 0.15) is 0 Å². The summed E-state index contributed by atoms with van der Waals surface area (Å²) < 4.78 is 0. The van der Waals surface area contributed by atoms with Crippen LogP contribution >= 0.6 is 0 Å². The molecule has 84 valence electrons. The molecule has 2 rings (SSSR count). The van der Waals surface area contributed by atoms with Crippen molar-refractivity contribution in [3.8, 4) is 0 Å². The molecule has 0 N–H and O–H groups in total. The van der Waals surface area contributed by atoms with E-state index in [2.05, 4.69) is 12.2 Å². The molecule has 17 heavy (non-hydrogen) atoms. The molecule has 0 unspecified atom stereocenters. The maximum absolute atomic E-state index is 2.94. The van der Waals surface area contributed by atoms with Gasteiger partial charge in [0, 0.05) is 0 Å². The van der Waals surface area contributed by atoms with Gasteiger partial charge < -0.3 is 0 Å². The molecule has 2 aliphatic carbocycles. The first-order valence-corrected chi connectivity index (χ1v) is 5.15. The van der Waals surface area contributed by atoms with E-state index in [1.807, 2.05) is 85.1 Å². The Kier molecular flexibility index (Phi) is 11.6. The van der Waals surface area contributed by atoms with Crippen molar-refractivity contribution >= 4 is 0 Å². The van der Waals surface area contributed by atoms with Crippen LogP contribution in [0.2, 0.25) is 0 Å². The molecule has 0 saturated heterocycles. The van der Waals surface area contributed by atoms with Crippen molar-refractivity contribution in [2.75, 3.05) is 0 Å². The normalized spacial score (nSPS) is 15.1. The second-order valence-electron chi connectivity index (χ2n) is 2.92. The number of rotatable bonds is 0. The fourth-order valence-electron chi connectivity index (χ4n) is 0.940. The van der Waals surface area contributed by atoms with Gasteiger partial charge in [0.1, 0.15) is 0 Å². The van der Waals surface area contributed by atoms with Gasteiger partial charge in [0.05, 0.1) is 0 Å². The minimum absolute atomic E-state index is 0. The first kappa shape index (κ1) is 15.6. The molecule has 0 atom stereocenters. The van der Waals surface area contributed by atoms with Crippen molar-refractivity contribution < 1.29 is 21.1 Å². The topological polar surface area (TPSA) is 0 Å². The number of hydrogen-bond acceptors (Lipinski definition) is 0. The van der Waals surface area contributed by atoms with E-state index in [0.717, 1.165) is 0 Å². The molecule has 0 bridgehead atoms. The van der Waals surface area contributed by atoms with Gasteiger partial charge in [-0.05, 0) is 0 Å². The van der Waals surface area contributed by atoms with E-state index in [-0.39, 0.29) is 21.1 Å². The van der Waals surface area contributed by atoms with Gasteiger partial charge in [0.2, 0.25) is 0 Å². The summed E-state index contributed by atoms with van der Waals surface area (Å²) in [4.78, 5) is 0. The van der Waals surface area contributed by atoms with Crippen LogP contribution in [0.15, 0.2) is 85.1 Å². The average Bonchev–Trinajstić information content (AvgIpc) is 2.15. The van der Waals surface area contributed by atoms with Gasteiger partial charge in [-0.15, -0.1) is 24.3 Å². The summed E-state index contributed by atoms with van der Waals surface area (Å²) in [6.07, 6.45) is 33.0. The van der Waals surface area contributed by atoms with Crippen molar-refractivity contribution in [3.63, 3.8) is 0 Å². The molecule has 0 heterocycles. The van der Waals surface area contributed by atoms with Crippen LogP contribution in [0.3, 0.4) is 0 Å². The summed E-state index contributed by atoms with van der Waals surface area (Å²) in [5.41, 5.74) is 0. The van der Waals surface area contributed by atoms with E-state index in [9.17, 15) is 0 Å². The second-order valence-corrected chi connectivity index (χ2v) is 2.92. The number of hydrogen-bond donors (Lipinski definition) is 0. The Morgan fingerprint density at radius 3 is 1.24 bits per heavy atom. The van der Waals surface area contributed by atoms with Gasteiger partial charge in [0.15, 0.2) is 0 Å². The largest absolute Gasteiger partial charge is 2.00 e. The van der Waals surface area contributed by atoms with E-state index in [1.54, 1.807) is 0 Å². The summed E-state index contributed by atoms with van der Waals surface area (Å²) in [7, 11) is 0. The third kappa shape index (κ3) is 10.9. The maximum atomic E-state index is 2.94. The smallest absolute Gasteiger partial charge is 0.184 e. The van der Waals surface area contributed by atoms with E-state index >= 15 is 0 Å². The first-order chi connectivity index (χ1) is 8.00. The second kappa shape index (κ2) is 12.7. The average molecular weight is 302 g/mol. The molecule has 1 heteroatoms. The van der Waals surface area contributed by atoms with E-state index in [0.29, 0.717) is 0 Å². The Morgan fingerprint density at radius 1 is 0.412 bits per heavy atom. The first-order valence-electron chi connectivity index (χ1n) is 5.15. The van der Waals surface area contributed by atoms with Gasteiger partial charge in [0.25, 0.3) is 0 Å². The van der Waals surface area contributed by atoms with Gasteiger partial charge in [-0.3, -0.25) is 0 Å². The Balaban J connectivity index is 0.000000284. The zero-order valence-electron chi connectivity index (χ0n) is 9.49. The molecule has 0 spiro atoms. The van der Waals surface area contributed by atoms with Crippen LogP contribution in [0.25, 0.3) is 0 Å². The fraction of sp³-hybridized carbons (Fsp3) is 0. The minimum Gasteiger partial charge on any atom is -0.184 e. The van der Waals surface area contributed by atoms with Crippen LogP contribution in [0.4, 0.5) is 0 Å². The van der Waals surface area contributed by atoms with Crippen LogP contribution in [-0.2, 0) is 21.1 Å². The van der Waals surface area contributed by atoms with Crippen molar-refractivity contribution in [2.45, 2.75) is 0 Å². The fourth-order valence-corrected chi connectivity index (χ4v) is 0.940. The Hall–Kier alpha value is -1.39. The quantitative estimate of drug-likeness (QED) is 0.468. The maximum Gasteiger partial charge on any atom is 2.00 e. The van der Waals surface area contributed by atoms with E-state index in [4.69, 9.17) is 0 Å². The molecule has 0 fully saturated rings. The summed E-state index contributed by atoms with van der Waals surface area (Å²) in [5.74, 6) is 0. The molecule has 0 aromatic heterocycles. The molecular weight excluding hydrogens is 288 g/mol. The molecular formula is C16H14Mo. The summed E-state index contributed by atoms with van der Waals surface area (Å²) in [6, 6.07) is 0. The van der Waals surface area contributed by atoms with Crippen molar-refractivity contribution in [1.29, 1.82) is 0 Å². The Bertz CT molecular complexity index is 247. The zero-order valence-corrected chi connectivity index (χ0v) is 11.5. The predicted molar refractivity (Wildman–Crippen MR) is 70.5 cm³/mol. The third-order valence-corrected chi connectivity index (χ3v) is 1.66. The Labute approximate surface area is 118 Å². The van der Waals surface area contributed by atoms with Crippen LogP contribution in [-0.4, -0.2) is 0 Å². The molecule has 0 radical (unpaired) electrons. The summed E-state index contributed by atoms with van der Waals surface area (Å²) >= 11 is 0. The van der Waals surface area contributed by atoms with Gasteiger partial charge in [-0.2, -0.15) is 60.8 Å². The van der Waals surface area contributed by atoms with Gasteiger partial charge in [-0.1, -0.05) is 12.2 Å². The molecule has 0 saturated carbocycles. The summed E-state index contributed by atoms with van der Waals surface area (Å²) in [5, 5.41) is 0. The standard InChI is InChI=1S/2C8H7.Mo/c2*1-2-4-6-8-7-5-3-1;/h2*1-7H;/q2*-1;+2. The van der Waals surface area contributed by atoms with Crippen molar-refractivity contribution in [1.82, 2.24) is 0 Å². The van der Waals surface area contributed by atoms with E-state index < -0.39 is 0 Å². The predicted octanol–water partition coefficient (Wildman–Crippen LogP) is 4.05. The Morgan fingerprint density at radius 2 is 0.765 bits per heavy atom. The van der Waals surface area contributed by atoms with Crippen molar-refractivity contribution in [3.05, 3.63) is 97.2 Å². The molecule has 0 amide bonds. The third-order valence-electron chi connectivity index (χ3n) is 1.66. The number of allylic oxidation sites excluding steroid dienone is 16. The van der Waals surface area contributed by atoms with Crippen molar-refractivity contribution in [2.24, 2.45) is 0 Å². The molecule has 0 aromatic rings. The van der Waals surface area contributed by atoms with E-state index in [1.165, 1.54) is 0 Å². The molecule has 2 aliphatic rings. The summed E-state index contributed by atoms with van der Waals surface area (Å²) in [6.45, 7) is 0. The monoisotopic (exact) mass is 304 g/mol. The minimum atomic E-state index is 0. The van der Waals surface area contributed by atoms with Gasteiger partial charge in [-0.25, -0.2) is 0 Å².